The maximum absolute atomic E-state index is 6.10. The molecule has 0 amide bonds. The molecular formula is C17H26ClNO. The van der Waals surface area contributed by atoms with Crippen molar-refractivity contribution in [2.45, 2.75) is 39.7 Å². The van der Waals surface area contributed by atoms with Gasteiger partial charge >= 0.3 is 0 Å². The van der Waals surface area contributed by atoms with Crippen LogP contribution in [-0.4, -0.2) is 19.2 Å². The predicted molar refractivity (Wildman–Crippen MR) is 87.8 cm³/mol. The Hall–Kier alpha value is -0.990. The van der Waals surface area contributed by atoms with E-state index in [0.717, 1.165) is 29.3 Å². The van der Waals surface area contributed by atoms with Crippen LogP contribution < -0.4 is 10.1 Å². The maximum Gasteiger partial charge on any atom is 0.122 e. The SMILES string of the molecule is C=CC(C)(CNC(C)(C)C)Cc1cc(Cl)ccc1OC. The maximum atomic E-state index is 6.10. The van der Waals surface area contributed by atoms with Gasteiger partial charge in [-0.25, -0.2) is 0 Å². The van der Waals surface area contributed by atoms with Gasteiger partial charge in [-0.2, -0.15) is 0 Å². The Balaban J connectivity index is 2.92. The highest BCUT2D eigenvalue weighted by Crippen LogP contribution is 2.31. The van der Waals surface area contributed by atoms with E-state index >= 15 is 0 Å². The summed E-state index contributed by atoms with van der Waals surface area (Å²) < 4.78 is 5.42. The van der Waals surface area contributed by atoms with Gasteiger partial charge in [0.1, 0.15) is 5.75 Å². The Bertz CT molecular complexity index is 465. The largest absolute Gasteiger partial charge is 0.496 e. The zero-order valence-corrected chi connectivity index (χ0v) is 14.0. The van der Waals surface area contributed by atoms with E-state index in [-0.39, 0.29) is 11.0 Å². The minimum Gasteiger partial charge on any atom is -0.496 e. The standard InChI is InChI=1S/C17H26ClNO/c1-7-17(5,12-19-16(2,3)4)11-13-10-14(18)8-9-15(13)20-6/h7-10,19H,1,11-12H2,2-6H3. The molecule has 2 nitrogen and oxygen atoms in total. The summed E-state index contributed by atoms with van der Waals surface area (Å²) in [5.41, 5.74) is 1.15. The second-order valence-electron chi connectivity index (χ2n) is 6.59. The van der Waals surface area contributed by atoms with E-state index in [0.29, 0.717) is 0 Å². The minimum absolute atomic E-state index is 0.0504. The number of benzene rings is 1. The molecule has 1 unspecified atom stereocenters. The monoisotopic (exact) mass is 295 g/mol. The first kappa shape index (κ1) is 17.1. The number of hydrogen-bond acceptors (Lipinski definition) is 2. The third kappa shape index (κ3) is 5.18. The lowest BCUT2D eigenvalue weighted by molar-refractivity contribution is 0.318. The molecule has 0 aliphatic rings. The van der Waals surface area contributed by atoms with E-state index in [1.54, 1.807) is 7.11 Å². The molecule has 0 aliphatic carbocycles. The number of ether oxygens (including phenoxy) is 1. The van der Waals surface area contributed by atoms with E-state index in [9.17, 15) is 0 Å². The van der Waals surface area contributed by atoms with E-state index < -0.39 is 0 Å². The van der Waals surface area contributed by atoms with Crippen molar-refractivity contribution in [1.82, 2.24) is 5.32 Å². The summed E-state index contributed by atoms with van der Waals surface area (Å²) in [6.45, 7) is 13.5. The van der Waals surface area contributed by atoms with Gasteiger partial charge in [0.2, 0.25) is 0 Å². The molecule has 1 rings (SSSR count). The van der Waals surface area contributed by atoms with Crippen LogP contribution in [0.25, 0.3) is 0 Å². The lowest BCUT2D eigenvalue weighted by Crippen LogP contribution is -2.43. The van der Waals surface area contributed by atoms with Crippen molar-refractivity contribution in [3.8, 4) is 5.75 Å². The number of hydrogen-bond donors (Lipinski definition) is 1. The lowest BCUT2D eigenvalue weighted by Gasteiger charge is -2.31. The van der Waals surface area contributed by atoms with Crippen molar-refractivity contribution in [2.24, 2.45) is 5.41 Å². The zero-order valence-electron chi connectivity index (χ0n) is 13.2. The van der Waals surface area contributed by atoms with Gasteiger partial charge in [-0.1, -0.05) is 24.6 Å². The fourth-order valence-electron chi connectivity index (χ4n) is 1.99. The summed E-state index contributed by atoms with van der Waals surface area (Å²) in [4.78, 5) is 0. The van der Waals surface area contributed by atoms with Crippen molar-refractivity contribution in [3.63, 3.8) is 0 Å². The molecule has 0 spiro atoms. The van der Waals surface area contributed by atoms with Crippen molar-refractivity contribution < 1.29 is 4.74 Å². The van der Waals surface area contributed by atoms with Gasteiger partial charge in [-0.15, -0.1) is 6.58 Å². The van der Waals surface area contributed by atoms with Crippen LogP contribution >= 0.6 is 11.6 Å². The van der Waals surface area contributed by atoms with Crippen LogP contribution in [0.4, 0.5) is 0 Å². The molecule has 0 heterocycles. The van der Waals surface area contributed by atoms with Crippen LogP contribution in [-0.2, 0) is 6.42 Å². The Labute approximate surface area is 128 Å². The summed E-state index contributed by atoms with van der Waals surface area (Å²) in [7, 11) is 1.69. The van der Waals surface area contributed by atoms with E-state index in [1.165, 1.54) is 0 Å². The van der Waals surface area contributed by atoms with Gasteiger partial charge in [-0.05, 0) is 51.0 Å². The number of methoxy groups -OCH3 is 1. The van der Waals surface area contributed by atoms with Crippen LogP contribution in [0.3, 0.4) is 0 Å². The molecule has 0 aliphatic heterocycles. The molecule has 1 aromatic rings. The van der Waals surface area contributed by atoms with E-state index in [2.05, 4.69) is 39.6 Å². The summed E-state index contributed by atoms with van der Waals surface area (Å²) >= 11 is 6.10. The molecular weight excluding hydrogens is 270 g/mol. The molecule has 1 N–H and O–H groups in total. The Morgan fingerprint density at radius 1 is 1.30 bits per heavy atom. The average Bonchev–Trinajstić information content (AvgIpc) is 2.36. The second-order valence-corrected chi connectivity index (χ2v) is 7.03. The molecule has 0 saturated heterocycles. The highest BCUT2D eigenvalue weighted by molar-refractivity contribution is 6.30. The molecule has 1 aromatic carbocycles. The van der Waals surface area contributed by atoms with Gasteiger partial charge in [0.25, 0.3) is 0 Å². The van der Waals surface area contributed by atoms with Crippen molar-refractivity contribution in [2.75, 3.05) is 13.7 Å². The van der Waals surface area contributed by atoms with Gasteiger partial charge in [0.05, 0.1) is 7.11 Å². The van der Waals surface area contributed by atoms with Crippen molar-refractivity contribution in [1.29, 1.82) is 0 Å². The molecule has 20 heavy (non-hydrogen) atoms. The van der Waals surface area contributed by atoms with Gasteiger partial charge in [0.15, 0.2) is 0 Å². The smallest absolute Gasteiger partial charge is 0.122 e. The molecule has 0 fully saturated rings. The Kier molecular flexibility index (Phi) is 5.67. The second kappa shape index (κ2) is 6.64. The highest BCUT2D eigenvalue weighted by atomic mass is 35.5. The van der Waals surface area contributed by atoms with Crippen LogP contribution in [0.5, 0.6) is 5.75 Å². The molecule has 0 saturated carbocycles. The average molecular weight is 296 g/mol. The minimum atomic E-state index is -0.0504. The van der Waals surface area contributed by atoms with E-state index in [1.807, 2.05) is 24.3 Å². The lowest BCUT2D eigenvalue weighted by atomic mass is 9.82. The highest BCUT2D eigenvalue weighted by Gasteiger charge is 2.24. The topological polar surface area (TPSA) is 21.3 Å². The van der Waals surface area contributed by atoms with Crippen LogP contribution in [0.1, 0.15) is 33.3 Å². The summed E-state index contributed by atoms with van der Waals surface area (Å²) in [6, 6.07) is 5.74. The quantitative estimate of drug-likeness (QED) is 0.782. The Morgan fingerprint density at radius 3 is 2.45 bits per heavy atom. The predicted octanol–water partition coefficient (Wildman–Crippen LogP) is 4.47. The third-order valence-electron chi connectivity index (χ3n) is 3.35. The van der Waals surface area contributed by atoms with Gasteiger partial charge in [0, 0.05) is 22.5 Å². The van der Waals surface area contributed by atoms with Gasteiger partial charge < -0.3 is 10.1 Å². The zero-order chi connectivity index (χ0) is 15.4. The number of nitrogens with one attached hydrogen (secondary N) is 1. The number of halogens is 1. The Morgan fingerprint density at radius 2 is 1.95 bits per heavy atom. The number of rotatable bonds is 6. The summed E-state index contributed by atoms with van der Waals surface area (Å²) in [5.74, 6) is 0.873. The summed E-state index contributed by atoms with van der Waals surface area (Å²) in [5, 5.41) is 4.27. The summed E-state index contributed by atoms with van der Waals surface area (Å²) in [6.07, 6.45) is 2.84. The van der Waals surface area contributed by atoms with Crippen LogP contribution in [0, 0.1) is 5.41 Å². The fraction of sp³-hybridized carbons (Fsp3) is 0.529. The van der Waals surface area contributed by atoms with Crippen LogP contribution in [0.15, 0.2) is 30.9 Å². The first-order valence-electron chi connectivity index (χ1n) is 6.90. The van der Waals surface area contributed by atoms with Crippen molar-refractivity contribution in [3.05, 3.63) is 41.4 Å². The normalized spacial score (nSPS) is 14.7. The van der Waals surface area contributed by atoms with Crippen LogP contribution in [0.2, 0.25) is 5.02 Å². The molecule has 0 aromatic heterocycles. The first-order valence-corrected chi connectivity index (χ1v) is 7.28. The molecule has 0 radical (unpaired) electrons. The third-order valence-corrected chi connectivity index (χ3v) is 3.59. The van der Waals surface area contributed by atoms with Crippen molar-refractivity contribution >= 4 is 11.6 Å². The van der Waals surface area contributed by atoms with E-state index in [4.69, 9.17) is 16.3 Å². The first-order chi connectivity index (χ1) is 9.19. The van der Waals surface area contributed by atoms with Gasteiger partial charge in [-0.3, -0.25) is 0 Å². The molecule has 3 heteroatoms. The molecule has 1 atom stereocenters. The fourth-order valence-corrected chi connectivity index (χ4v) is 2.19. The molecule has 0 bridgehead atoms. The molecule has 112 valence electrons.